The third-order valence-electron chi connectivity index (χ3n) is 2.46. The van der Waals surface area contributed by atoms with E-state index in [-0.39, 0.29) is 5.97 Å². The maximum absolute atomic E-state index is 11.0. The van der Waals surface area contributed by atoms with Crippen molar-refractivity contribution in [1.29, 1.82) is 0 Å². The third-order valence-corrected chi connectivity index (χ3v) is 2.46. The fraction of sp³-hybridized carbons (Fsp3) is 0.385. The molecule has 0 saturated heterocycles. The number of aryl methyl sites for hydroxylation is 1. The van der Waals surface area contributed by atoms with Gasteiger partial charge in [0.05, 0.1) is 14.2 Å². The van der Waals surface area contributed by atoms with Gasteiger partial charge in [0, 0.05) is 13.0 Å². The molecule has 0 aliphatic carbocycles. The molecule has 0 saturated carbocycles. The summed E-state index contributed by atoms with van der Waals surface area (Å²) in [6, 6.07) is 7.67. The minimum absolute atomic E-state index is 0.229. The number of methoxy groups -OCH3 is 2. The highest BCUT2D eigenvalue weighted by Crippen LogP contribution is 2.08. The predicted molar refractivity (Wildman–Crippen MR) is 66.0 cm³/mol. The fourth-order valence-corrected chi connectivity index (χ4v) is 1.49. The highest BCUT2D eigenvalue weighted by Gasteiger charge is 2.03. The van der Waals surface area contributed by atoms with Gasteiger partial charge in [-0.15, -0.1) is 0 Å². The molecular formula is C13H17NO4. The molecule has 5 heteroatoms. The number of benzene rings is 1. The average molecular weight is 251 g/mol. The Morgan fingerprint density at radius 3 is 2.56 bits per heavy atom. The molecule has 1 aromatic rings. The van der Waals surface area contributed by atoms with E-state index < -0.39 is 6.09 Å². The minimum atomic E-state index is -0.463. The summed E-state index contributed by atoms with van der Waals surface area (Å²) in [6.45, 7) is 0.402. The first-order valence-electron chi connectivity index (χ1n) is 5.62. The van der Waals surface area contributed by atoms with E-state index >= 15 is 0 Å². The number of ether oxygens (including phenoxy) is 2. The zero-order valence-corrected chi connectivity index (χ0v) is 10.6. The Labute approximate surface area is 106 Å². The summed E-state index contributed by atoms with van der Waals surface area (Å²) in [6.07, 6.45) is 0.512. The minimum Gasteiger partial charge on any atom is -0.469 e. The van der Waals surface area contributed by atoms with Crippen LogP contribution in [-0.2, 0) is 27.2 Å². The van der Waals surface area contributed by atoms with Crippen molar-refractivity contribution in [3.8, 4) is 0 Å². The lowest BCUT2D eigenvalue weighted by Gasteiger charge is -2.06. The number of esters is 1. The quantitative estimate of drug-likeness (QED) is 0.808. The Morgan fingerprint density at radius 1 is 1.17 bits per heavy atom. The van der Waals surface area contributed by atoms with Crippen molar-refractivity contribution >= 4 is 12.1 Å². The summed E-state index contributed by atoms with van der Waals surface area (Å²) in [5.41, 5.74) is 1.99. The van der Waals surface area contributed by atoms with Crippen LogP contribution in [0.4, 0.5) is 4.79 Å². The molecular weight excluding hydrogens is 234 g/mol. The summed E-state index contributed by atoms with van der Waals surface area (Å²) < 4.78 is 9.07. The van der Waals surface area contributed by atoms with Crippen molar-refractivity contribution in [3.05, 3.63) is 35.4 Å². The highest BCUT2D eigenvalue weighted by atomic mass is 16.5. The van der Waals surface area contributed by atoms with Crippen molar-refractivity contribution in [2.24, 2.45) is 0 Å². The van der Waals surface area contributed by atoms with Crippen LogP contribution in [0.1, 0.15) is 17.5 Å². The van der Waals surface area contributed by atoms with Gasteiger partial charge in [-0.1, -0.05) is 24.3 Å². The largest absolute Gasteiger partial charge is 0.469 e. The van der Waals surface area contributed by atoms with Gasteiger partial charge in [0.2, 0.25) is 0 Å². The van der Waals surface area contributed by atoms with Crippen LogP contribution < -0.4 is 5.32 Å². The molecule has 0 heterocycles. The first-order valence-corrected chi connectivity index (χ1v) is 5.62. The number of amides is 1. The number of nitrogens with one attached hydrogen (secondary N) is 1. The molecule has 0 fully saturated rings. The predicted octanol–water partition coefficient (Wildman–Crippen LogP) is 1.65. The zero-order chi connectivity index (χ0) is 13.4. The van der Waals surface area contributed by atoms with Gasteiger partial charge in [0.1, 0.15) is 0 Å². The summed E-state index contributed by atoms with van der Waals surface area (Å²) in [4.78, 5) is 22.0. The number of hydrogen-bond acceptors (Lipinski definition) is 4. The van der Waals surface area contributed by atoms with Gasteiger partial charge in [-0.05, 0) is 17.5 Å². The van der Waals surface area contributed by atoms with E-state index in [0.29, 0.717) is 19.4 Å². The van der Waals surface area contributed by atoms with Crippen LogP contribution in [0.25, 0.3) is 0 Å². The number of carbonyl (C=O) groups excluding carboxylic acids is 2. The van der Waals surface area contributed by atoms with E-state index in [0.717, 1.165) is 11.1 Å². The van der Waals surface area contributed by atoms with Gasteiger partial charge in [0.15, 0.2) is 0 Å². The maximum atomic E-state index is 11.0. The molecule has 1 amide bonds. The SMILES string of the molecule is COC(=O)CCc1cccc(CNC(=O)OC)c1. The molecule has 0 bridgehead atoms. The lowest BCUT2D eigenvalue weighted by molar-refractivity contribution is -0.140. The molecule has 98 valence electrons. The standard InChI is InChI=1S/C13H17NO4/c1-17-12(15)7-6-10-4-3-5-11(8-10)9-14-13(16)18-2/h3-5,8H,6-7,9H2,1-2H3,(H,14,16). The Hall–Kier alpha value is -2.04. The summed E-state index contributed by atoms with van der Waals surface area (Å²) in [5, 5.41) is 2.60. The van der Waals surface area contributed by atoms with E-state index in [4.69, 9.17) is 0 Å². The van der Waals surface area contributed by atoms with E-state index in [1.807, 2.05) is 24.3 Å². The fourth-order valence-electron chi connectivity index (χ4n) is 1.49. The number of hydrogen-bond donors (Lipinski definition) is 1. The molecule has 0 atom stereocenters. The molecule has 0 spiro atoms. The van der Waals surface area contributed by atoms with Crippen molar-refractivity contribution in [2.75, 3.05) is 14.2 Å². The van der Waals surface area contributed by atoms with Gasteiger partial charge < -0.3 is 14.8 Å². The van der Waals surface area contributed by atoms with E-state index in [2.05, 4.69) is 14.8 Å². The van der Waals surface area contributed by atoms with Crippen molar-refractivity contribution in [1.82, 2.24) is 5.32 Å². The molecule has 0 aliphatic heterocycles. The van der Waals surface area contributed by atoms with Gasteiger partial charge in [-0.25, -0.2) is 4.79 Å². The molecule has 18 heavy (non-hydrogen) atoms. The molecule has 1 N–H and O–H groups in total. The third kappa shape index (κ3) is 4.86. The van der Waals surface area contributed by atoms with Crippen LogP contribution >= 0.6 is 0 Å². The molecule has 0 aromatic heterocycles. The van der Waals surface area contributed by atoms with Crippen LogP contribution in [-0.4, -0.2) is 26.3 Å². The number of rotatable bonds is 5. The lowest BCUT2D eigenvalue weighted by Crippen LogP contribution is -2.22. The highest BCUT2D eigenvalue weighted by molar-refractivity contribution is 5.69. The second-order valence-corrected chi connectivity index (χ2v) is 3.74. The van der Waals surface area contributed by atoms with Gasteiger partial charge in [-0.2, -0.15) is 0 Å². The van der Waals surface area contributed by atoms with Crippen molar-refractivity contribution in [3.63, 3.8) is 0 Å². The summed E-state index contributed by atoms with van der Waals surface area (Å²) in [5.74, 6) is -0.229. The summed E-state index contributed by atoms with van der Waals surface area (Å²) in [7, 11) is 2.70. The van der Waals surface area contributed by atoms with Crippen LogP contribution in [0.15, 0.2) is 24.3 Å². The second-order valence-electron chi connectivity index (χ2n) is 3.74. The molecule has 0 aliphatic rings. The Balaban J connectivity index is 2.51. The first kappa shape index (κ1) is 14.0. The summed E-state index contributed by atoms with van der Waals surface area (Å²) >= 11 is 0. The smallest absolute Gasteiger partial charge is 0.407 e. The van der Waals surface area contributed by atoms with Crippen LogP contribution in [0.3, 0.4) is 0 Å². The van der Waals surface area contributed by atoms with Gasteiger partial charge in [0.25, 0.3) is 0 Å². The van der Waals surface area contributed by atoms with Gasteiger partial charge in [-0.3, -0.25) is 4.79 Å². The van der Waals surface area contributed by atoms with Gasteiger partial charge >= 0.3 is 12.1 Å². The van der Waals surface area contributed by atoms with Crippen LogP contribution in [0, 0.1) is 0 Å². The molecule has 1 rings (SSSR count). The normalized spacial score (nSPS) is 9.67. The number of carbonyl (C=O) groups is 2. The molecule has 0 unspecified atom stereocenters. The Morgan fingerprint density at radius 2 is 1.89 bits per heavy atom. The zero-order valence-electron chi connectivity index (χ0n) is 10.6. The Bertz CT molecular complexity index is 382. The lowest BCUT2D eigenvalue weighted by atomic mass is 10.1. The van der Waals surface area contributed by atoms with E-state index in [1.54, 1.807) is 0 Å². The van der Waals surface area contributed by atoms with Crippen molar-refractivity contribution < 1.29 is 19.1 Å². The Kier molecular flexibility index (Phi) is 5.70. The second kappa shape index (κ2) is 7.32. The van der Waals surface area contributed by atoms with Crippen LogP contribution in [0.2, 0.25) is 0 Å². The monoisotopic (exact) mass is 251 g/mol. The topological polar surface area (TPSA) is 64.6 Å². The van der Waals surface area contributed by atoms with E-state index in [1.165, 1.54) is 14.2 Å². The maximum Gasteiger partial charge on any atom is 0.407 e. The average Bonchev–Trinajstić information content (AvgIpc) is 2.42. The molecule has 1 aromatic carbocycles. The van der Waals surface area contributed by atoms with Crippen LogP contribution in [0.5, 0.6) is 0 Å². The first-order chi connectivity index (χ1) is 8.65. The molecule has 5 nitrogen and oxygen atoms in total. The van der Waals surface area contributed by atoms with E-state index in [9.17, 15) is 9.59 Å². The molecule has 0 radical (unpaired) electrons. The number of alkyl carbamates (subject to hydrolysis) is 1. The van der Waals surface area contributed by atoms with Crippen molar-refractivity contribution in [2.45, 2.75) is 19.4 Å².